The smallest absolute Gasteiger partial charge is 0.119 e. The summed E-state index contributed by atoms with van der Waals surface area (Å²) in [5, 5.41) is 0. The van der Waals surface area contributed by atoms with Crippen LogP contribution in [0.3, 0.4) is 0 Å². The fourth-order valence-corrected chi connectivity index (χ4v) is 2.61. The Hall–Kier alpha value is -2.00. The van der Waals surface area contributed by atoms with E-state index in [-0.39, 0.29) is 11.5 Å². The van der Waals surface area contributed by atoms with Crippen molar-refractivity contribution in [2.75, 3.05) is 19.8 Å². The lowest BCUT2D eigenvalue weighted by Gasteiger charge is -2.26. The molecule has 126 valence electrons. The third-order valence-electron chi connectivity index (χ3n) is 4.36. The molecule has 0 saturated carbocycles. The molecule has 24 heavy (non-hydrogen) atoms. The zero-order valence-corrected chi connectivity index (χ0v) is 14.3. The molecule has 1 aliphatic rings. The van der Waals surface area contributed by atoms with Crippen molar-refractivity contribution < 1.29 is 14.2 Å². The average molecular weight is 324 g/mol. The van der Waals surface area contributed by atoms with Crippen molar-refractivity contribution in [2.24, 2.45) is 0 Å². The zero-order valence-electron chi connectivity index (χ0n) is 14.3. The van der Waals surface area contributed by atoms with Crippen LogP contribution in [-0.2, 0) is 10.2 Å². The van der Waals surface area contributed by atoms with Gasteiger partial charge in [0.25, 0.3) is 0 Å². The summed E-state index contributed by atoms with van der Waals surface area (Å²) in [5.41, 5.74) is 2.40. The van der Waals surface area contributed by atoms with E-state index in [1.54, 1.807) is 6.42 Å². The molecule has 2 aromatic rings. The molecule has 1 atom stereocenters. The van der Waals surface area contributed by atoms with Gasteiger partial charge in [-0.1, -0.05) is 38.1 Å². The van der Waals surface area contributed by atoms with E-state index in [2.05, 4.69) is 45.0 Å². The molecule has 0 amide bonds. The van der Waals surface area contributed by atoms with Gasteiger partial charge in [-0.15, -0.1) is 0 Å². The molecule has 0 spiro atoms. The van der Waals surface area contributed by atoms with Crippen molar-refractivity contribution in [1.29, 1.82) is 0 Å². The highest BCUT2D eigenvalue weighted by atomic mass is 16.6. The first-order valence-electron chi connectivity index (χ1n) is 8.29. The second-order valence-electron chi connectivity index (χ2n) is 6.54. The molecular formula is C21H24O3. The topological polar surface area (TPSA) is 31.0 Å². The minimum absolute atomic E-state index is 0.0882. The first kappa shape index (κ1) is 16.8. The van der Waals surface area contributed by atoms with E-state index in [0.29, 0.717) is 13.2 Å². The summed E-state index contributed by atoms with van der Waals surface area (Å²) in [5.74, 6) is 1.75. The summed E-state index contributed by atoms with van der Waals surface area (Å²) in [6, 6.07) is 16.6. The largest absolute Gasteiger partial charge is 0.493 e. The van der Waals surface area contributed by atoms with E-state index in [9.17, 15) is 0 Å². The van der Waals surface area contributed by atoms with Gasteiger partial charge in [0.05, 0.1) is 13.2 Å². The highest BCUT2D eigenvalue weighted by molar-refractivity contribution is 5.41. The Bertz CT molecular complexity index is 640. The first-order chi connectivity index (χ1) is 11.6. The molecule has 1 heterocycles. The lowest BCUT2D eigenvalue weighted by atomic mass is 9.78. The highest BCUT2D eigenvalue weighted by Gasteiger charge is 2.24. The summed E-state index contributed by atoms with van der Waals surface area (Å²) in [6.07, 6.45) is 2.03. The lowest BCUT2D eigenvalue weighted by Crippen LogP contribution is -2.18. The molecule has 2 radical (unpaired) electrons. The summed E-state index contributed by atoms with van der Waals surface area (Å²) in [4.78, 5) is 0. The average Bonchev–Trinajstić information content (AvgIpc) is 3.43. The fourth-order valence-electron chi connectivity index (χ4n) is 2.61. The van der Waals surface area contributed by atoms with Crippen LogP contribution in [0.25, 0.3) is 0 Å². The number of hydrogen-bond donors (Lipinski definition) is 0. The van der Waals surface area contributed by atoms with Gasteiger partial charge in [0.2, 0.25) is 0 Å². The number of rotatable bonds is 8. The summed E-state index contributed by atoms with van der Waals surface area (Å²) in [7, 11) is 0. The highest BCUT2D eigenvalue weighted by Crippen LogP contribution is 2.33. The van der Waals surface area contributed by atoms with E-state index in [1.165, 1.54) is 11.1 Å². The van der Waals surface area contributed by atoms with Crippen LogP contribution in [0, 0.1) is 13.3 Å². The Kier molecular flexibility index (Phi) is 5.10. The van der Waals surface area contributed by atoms with Gasteiger partial charge < -0.3 is 14.2 Å². The maximum Gasteiger partial charge on any atom is 0.119 e. The van der Waals surface area contributed by atoms with E-state index in [0.717, 1.165) is 18.1 Å². The number of epoxide rings is 1. The maximum atomic E-state index is 5.71. The molecular weight excluding hydrogens is 300 g/mol. The Balaban J connectivity index is 1.68. The van der Waals surface area contributed by atoms with E-state index in [1.807, 2.05) is 24.3 Å². The van der Waals surface area contributed by atoms with Crippen LogP contribution in [0.2, 0.25) is 0 Å². The van der Waals surface area contributed by atoms with Crippen molar-refractivity contribution in [3.05, 3.63) is 73.0 Å². The number of benzene rings is 2. The van der Waals surface area contributed by atoms with Crippen molar-refractivity contribution in [3.8, 4) is 11.5 Å². The second kappa shape index (κ2) is 7.27. The third kappa shape index (κ3) is 4.09. The predicted molar refractivity (Wildman–Crippen MR) is 95.4 cm³/mol. The lowest BCUT2D eigenvalue weighted by molar-refractivity contribution is 0.263. The maximum absolute atomic E-state index is 5.71. The monoisotopic (exact) mass is 324 g/mol. The predicted octanol–water partition coefficient (Wildman–Crippen LogP) is 4.21. The standard InChI is InChI=1S/C21H24O3/c1-4-13-22-18-9-5-16(6-10-18)21(2,3)17-7-11-19(12-8-17)23-14-20-15-24-20/h4-12,20H,1,13-15H2,2-3H3/t20-/m0/s1. The van der Waals surface area contributed by atoms with Crippen LogP contribution >= 0.6 is 0 Å². The molecule has 1 aliphatic heterocycles. The molecule has 0 unspecified atom stereocenters. The van der Waals surface area contributed by atoms with E-state index in [4.69, 9.17) is 14.2 Å². The molecule has 2 aromatic carbocycles. The van der Waals surface area contributed by atoms with Crippen LogP contribution in [0.1, 0.15) is 25.0 Å². The van der Waals surface area contributed by atoms with Gasteiger partial charge in [0.15, 0.2) is 0 Å². The van der Waals surface area contributed by atoms with Gasteiger partial charge in [0.1, 0.15) is 24.2 Å². The Morgan fingerprint density at radius 3 is 1.96 bits per heavy atom. The van der Waals surface area contributed by atoms with Crippen molar-refractivity contribution in [2.45, 2.75) is 25.4 Å². The molecule has 0 aliphatic carbocycles. The number of hydrogen-bond acceptors (Lipinski definition) is 3. The van der Waals surface area contributed by atoms with Gasteiger partial charge in [-0.25, -0.2) is 0 Å². The third-order valence-corrected chi connectivity index (χ3v) is 4.36. The van der Waals surface area contributed by atoms with E-state index < -0.39 is 0 Å². The van der Waals surface area contributed by atoms with Gasteiger partial charge >= 0.3 is 0 Å². The second-order valence-corrected chi connectivity index (χ2v) is 6.54. The quantitative estimate of drug-likeness (QED) is 0.682. The molecule has 3 rings (SSSR count). The summed E-state index contributed by atoms with van der Waals surface area (Å²) >= 11 is 0. The Labute approximate surface area is 144 Å². The Morgan fingerprint density at radius 1 is 1.00 bits per heavy atom. The molecule has 0 aromatic heterocycles. The van der Waals surface area contributed by atoms with E-state index >= 15 is 0 Å². The van der Waals surface area contributed by atoms with Gasteiger partial charge in [0, 0.05) is 5.41 Å². The van der Waals surface area contributed by atoms with Crippen LogP contribution in [0.15, 0.2) is 48.5 Å². The molecule has 0 N–H and O–H groups in total. The molecule has 0 bridgehead atoms. The zero-order chi connectivity index (χ0) is 17.0. The Morgan fingerprint density at radius 2 is 1.50 bits per heavy atom. The normalized spacial score (nSPS) is 16.7. The van der Waals surface area contributed by atoms with Crippen LogP contribution in [-0.4, -0.2) is 25.9 Å². The van der Waals surface area contributed by atoms with Crippen molar-refractivity contribution in [3.63, 3.8) is 0 Å². The molecule has 1 saturated heterocycles. The van der Waals surface area contributed by atoms with Gasteiger partial charge in [-0.2, -0.15) is 0 Å². The first-order valence-corrected chi connectivity index (χ1v) is 8.29. The SMILES string of the molecule is [CH2][CH]COc1ccc(C(C)(C)c2ccc(OC[C@H]3CO3)cc2)cc1. The molecule has 3 heteroatoms. The molecule has 3 nitrogen and oxygen atoms in total. The van der Waals surface area contributed by atoms with Gasteiger partial charge in [-0.3, -0.25) is 0 Å². The van der Waals surface area contributed by atoms with Crippen molar-refractivity contribution in [1.82, 2.24) is 0 Å². The van der Waals surface area contributed by atoms with Crippen LogP contribution in [0.4, 0.5) is 0 Å². The van der Waals surface area contributed by atoms with Gasteiger partial charge in [-0.05, 0) is 48.7 Å². The number of ether oxygens (including phenoxy) is 3. The summed E-state index contributed by atoms with van der Waals surface area (Å²) in [6.45, 7) is 10.1. The fraction of sp³-hybridized carbons (Fsp3) is 0.333. The van der Waals surface area contributed by atoms with Crippen molar-refractivity contribution >= 4 is 0 Å². The molecule has 1 fully saturated rings. The van der Waals surface area contributed by atoms with Crippen LogP contribution in [0.5, 0.6) is 11.5 Å². The minimum atomic E-state index is -0.0882. The summed E-state index contributed by atoms with van der Waals surface area (Å²) < 4.78 is 16.4. The van der Waals surface area contributed by atoms with Crippen LogP contribution < -0.4 is 9.47 Å². The minimum Gasteiger partial charge on any atom is -0.493 e.